The minimum absolute atomic E-state index is 0.195. The van der Waals surface area contributed by atoms with Crippen LogP contribution >= 0.6 is 0 Å². The lowest BCUT2D eigenvalue weighted by Gasteiger charge is -2.19. The van der Waals surface area contributed by atoms with Gasteiger partial charge < -0.3 is 15.2 Å². The molecule has 3 aromatic carbocycles. The number of halogens is 2. The van der Waals surface area contributed by atoms with Crippen LogP contribution in [-0.4, -0.2) is 17.6 Å². The molecule has 0 bridgehead atoms. The Morgan fingerprint density at radius 1 is 0.893 bits per heavy atom. The van der Waals surface area contributed by atoms with Gasteiger partial charge in [-0.15, -0.1) is 0 Å². The van der Waals surface area contributed by atoms with Crippen molar-refractivity contribution in [2.75, 3.05) is 6.61 Å². The Morgan fingerprint density at radius 2 is 1.50 bits per heavy atom. The number of ether oxygens (including phenoxy) is 1. The number of carbonyl (C=O) groups excluding carboxylic acids is 1. The van der Waals surface area contributed by atoms with Crippen LogP contribution in [0.25, 0.3) is 0 Å². The number of amides is 1. The van der Waals surface area contributed by atoms with Crippen LogP contribution in [-0.2, 0) is 0 Å². The molecule has 3 aromatic rings. The first kappa shape index (κ1) is 19.5. The van der Waals surface area contributed by atoms with Crippen molar-refractivity contribution in [3.8, 4) is 11.5 Å². The zero-order valence-electron chi connectivity index (χ0n) is 14.9. The van der Waals surface area contributed by atoms with Crippen LogP contribution in [0.3, 0.4) is 0 Å². The summed E-state index contributed by atoms with van der Waals surface area (Å²) in [5.74, 6) is -1.47. The number of aliphatic hydroxyl groups excluding tert-OH is 1. The van der Waals surface area contributed by atoms with Gasteiger partial charge >= 0.3 is 0 Å². The molecule has 0 aromatic heterocycles. The number of rotatable bonds is 7. The quantitative estimate of drug-likeness (QED) is 0.626. The largest absolute Gasteiger partial charge is 0.457 e. The van der Waals surface area contributed by atoms with E-state index in [9.17, 15) is 18.7 Å². The fourth-order valence-electron chi connectivity index (χ4n) is 2.79. The Labute approximate surface area is 161 Å². The van der Waals surface area contributed by atoms with E-state index < -0.39 is 29.1 Å². The molecule has 0 aliphatic heterocycles. The van der Waals surface area contributed by atoms with Crippen LogP contribution in [0.15, 0.2) is 72.8 Å². The molecule has 4 nitrogen and oxygen atoms in total. The van der Waals surface area contributed by atoms with Crippen molar-refractivity contribution < 1.29 is 23.4 Å². The predicted octanol–water partition coefficient (Wildman–Crippen LogP) is 4.61. The first-order valence-corrected chi connectivity index (χ1v) is 8.77. The smallest absolute Gasteiger partial charge is 0.257 e. The molecule has 0 saturated carbocycles. The van der Waals surface area contributed by atoms with Gasteiger partial charge in [0, 0.05) is 6.61 Å². The molecule has 0 spiro atoms. The van der Waals surface area contributed by atoms with Crippen LogP contribution < -0.4 is 10.1 Å². The van der Waals surface area contributed by atoms with E-state index in [1.165, 1.54) is 6.07 Å². The third kappa shape index (κ3) is 4.72. The van der Waals surface area contributed by atoms with Crippen molar-refractivity contribution in [1.29, 1.82) is 0 Å². The number of para-hydroxylation sites is 1. The summed E-state index contributed by atoms with van der Waals surface area (Å²) < 4.78 is 33.4. The Morgan fingerprint density at radius 3 is 2.11 bits per heavy atom. The zero-order chi connectivity index (χ0) is 19.9. The van der Waals surface area contributed by atoms with E-state index >= 15 is 0 Å². The highest BCUT2D eigenvalue weighted by atomic mass is 19.1. The molecule has 2 N–H and O–H groups in total. The molecule has 0 aliphatic rings. The molecule has 1 amide bonds. The van der Waals surface area contributed by atoms with Crippen LogP contribution in [0.5, 0.6) is 11.5 Å². The van der Waals surface area contributed by atoms with Crippen molar-refractivity contribution in [3.63, 3.8) is 0 Å². The van der Waals surface area contributed by atoms with Gasteiger partial charge in [-0.1, -0.05) is 36.4 Å². The number of benzene rings is 3. The number of aliphatic hydroxyl groups is 1. The molecule has 144 valence electrons. The Kier molecular flexibility index (Phi) is 6.34. The molecule has 0 heterocycles. The summed E-state index contributed by atoms with van der Waals surface area (Å²) in [5, 5.41) is 11.9. The lowest BCUT2D eigenvalue weighted by Crippen LogP contribution is -2.30. The molecule has 3 rings (SSSR count). The van der Waals surface area contributed by atoms with Gasteiger partial charge in [-0.3, -0.25) is 4.79 Å². The highest BCUT2D eigenvalue weighted by Gasteiger charge is 2.21. The van der Waals surface area contributed by atoms with E-state index in [0.29, 0.717) is 17.1 Å². The van der Waals surface area contributed by atoms with E-state index in [1.54, 1.807) is 24.3 Å². The number of hydrogen-bond donors (Lipinski definition) is 2. The second-order valence-electron chi connectivity index (χ2n) is 6.12. The Hall–Kier alpha value is -3.25. The van der Waals surface area contributed by atoms with Crippen LogP contribution in [0.4, 0.5) is 8.78 Å². The number of nitrogens with one attached hydrogen (secondary N) is 1. The normalized spacial score (nSPS) is 11.7. The second-order valence-corrected chi connectivity index (χ2v) is 6.12. The minimum Gasteiger partial charge on any atom is -0.457 e. The molecular formula is C22H19F2NO3. The zero-order valence-corrected chi connectivity index (χ0v) is 14.9. The van der Waals surface area contributed by atoms with Gasteiger partial charge in [0.2, 0.25) is 0 Å². The van der Waals surface area contributed by atoms with Gasteiger partial charge in [-0.05, 0) is 48.4 Å². The van der Waals surface area contributed by atoms with Crippen LogP contribution in [0, 0.1) is 11.6 Å². The first-order chi connectivity index (χ1) is 13.6. The molecule has 1 unspecified atom stereocenters. The van der Waals surface area contributed by atoms with E-state index in [0.717, 1.165) is 12.1 Å². The van der Waals surface area contributed by atoms with E-state index in [2.05, 4.69) is 5.32 Å². The SMILES string of the molecule is O=C(NC(CCO)c1ccc(Oc2ccccc2)cc1)c1c(F)cccc1F. The summed E-state index contributed by atoms with van der Waals surface area (Å²) in [6, 6.07) is 18.8. The van der Waals surface area contributed by atoms with Gasteiger partial charge in [0.25, 0.3) is 5.91 Å². The molecule has 6 heteroatoms. The highest BCUT2D eigenvalue weighted by molar-refractivity contribution is 5.95. The van der Waals surface area contributed by atoms with Gasteiger partial charge in [-0.2, -0.15) is 0 Å². The monoisotopic (exact) mass is 383 g/mol. The maximum atomic E-state index is 13.8. The van der Waals surface area contributed by atoms with Gasteiger partial charge in [0.05, 0.1) is 6.04 Å². The molecule has 1 atom stereocenters. The Bertz CT molecular complexity index is 910. The topological polar surface area (TPSA) is 58.6 Å². The Balaban J connectivity index is 1.75. The van der Waals surface area contributed by atoms with Crippen molar-refractivity contribution >= 4 is 5.91 Å². The second kappa shape index (κ2) is 9.10. The van der Waals surface area contributed by atoms with Gasteiger partial charge in [0.1, 0.15) is 28.7 Å². The van der Waals surface area contributed by atoms with Gasteiger partial charge in [-0.25, -0.2) is 8.78 Å². The van der Waals surface area contributed by atoms with Crippen molar-refractivity contribution in [2.45, 2.75) is 12.5 Å². The van der Waals surface area contributed by atoms with Crippen molar-refractivity contribution in [3.05, 3.63) is 95.6 Å². The maximum absolute atomic E-state index is 13.8. The summed E-state index contributed by atoms with van der Waals surface area (Å²) in [6.07, 6.45) is 0.195. The first-order valence-electron chi connectivity index (χ1n) is 8.77. The standard InChI is InChI=1S/C22H19F2NO3/c23-18-7-4-8-19(24)21(18)22(27)25-20(13-14-26)15-9-11-17(12-10-15)28-16-5-2-1-3-6-16/h1-12,20,26H,13-14H2,(H,25,27). The lowest BCUT2D eigenvalue weighted by molar-refractivity contribution is 0.0921. The summed E-state index contributed by atoms with van der Waals surface area (Å²) in [7, 11) is 0. The molecule has 0 saturated heterocycles. The molecule has 28 heavy (non-hydrogen) atoms. The van der Waals surface area contributed by atoms with E-state index in [4.69, 9.17) is 4.74 Å². The third-order valence-electron chi connectivity index (χ3n) is 4.17. The van der Waals surface area contributed by atoms with Gasteiger partial charge in [0.15, 0.2) is 0 Å². The fourth-order valence-corrected chi connectivity index (χ4v) is 2.79. The lowest BCUT2D eigenvalue weighted by atomic mass is 10.0. The molecule has 0 fully saturated rings. The molecule has 0 radical (unpaired) electrons. The maximum Gasteiger partial charge on any atom is 0.257 e. The third-order valence-corrected chi connectivity index (χ3v) is 4.17. The summed E-state index contributed by atoms with van der Waals surface area (Å²) >= 11 is 0. The average molecular weight is 383 g/mol. The van der Waals surface area contributed by atoms with Crippen molar-refractivity contribution in [1.82, 2.24) is 5.32 Å². The van der Waals surface area contributed by atoms with Crippen LogP contribution in [0.1, 0.15) is 28.4 Å². The highest BCUT2D eigenvalue weighted by Crippen LogP contribution is 2.25. The number of hydrogen-bond acceptors (Lipinski definition) is 3. The van der Waals surface area contributed by atoms with E-state index in [1.807, 2.05) is 30.3 Å². The van der Waals surface area contributed by atoms with Crippen molar-refractivity contribution in [2.24, 2.45) is 0 Å². The molecule has 0 aliphatic carbocycles. The summed E-state index contributed by atoms with van der Waals surface area (Å²) in [6.45, 7) is -0.201. The number of carbonyl (C=O) groups is 1. The summed E-state index contributed by atoms with van der Waals surface area (Å²) in [4.78, 5) is 12.4. The fraction of sp³-hybridized carbons (Fsp3) is 0.136. The average Bonchev–Trinajstić information content (AvgIpc) is 2.69. The molecular weight excluding hydrogens is 364 g/mol. The minimum atomic E-state index is -0.938. The van der Waals surface area contributed by atoms with E-state index in [-0.39, 0.29) is 13.0 Å². The predicted molar refractivity (Wildman–Crippen MR) is 101 cm³/mol. The van der Waals surface area contributed by atoms with Crippen LogP contribution in [0.2, 0.25) is 0 Å². The summed E-state index contributed by atoms with van der Waals surface area (Å²) in [5.41, 5.74) is 0.0361.